The second kappa shape index (κ2) is 6.04. The fourth-order valence-electron chi connectivity index (χ4n) is 2.11. The summed E-state index contributed by atoms with van der Waals surface area (Å²) in [6.45, 7) is 0. The van der Waals surface area contributed by atoms with Crippen LogP contribution in [-0.2, 0) is 0 Å². The van der Waals surface area contributed by atoms with Crippen LogP contribution in [0.2, 0.25) is 5.02 Å². The fraction of sp³-hybridized carbons (Fsp3) is 0.200. The Bertz CT molecular complexity index is 574. The average Bonchev–Trinajstić information content (AvgIpc) is 2.41. The minimum atomic E-state index is -0.259. The standard InChI is InChI=1S/C15H15ClFNO/c1-18-15(10-4-3-5-12(17)8-10)13-7-6-11(16)9-14(13)19-2/h3-9,15,18H,1-2H3. The first-order valence-electron chi connectivity index (χ1n) is 5.92. The van der Waals surface area contributed by atoms with Gasteiger partial charge in [0.05, 0.1) is 13.2 Å². The van der Waals surface area contributed by atoms with E-state index in [0.29, 0.717) is 10.8 Å². The van der Waals surface area contributed by atoms with E-state index in [0.717, 1.165) is 11.1 Å². The molecule has 1 atom stereocenters. The van der Waals surface area contributed by atoms with Crippen LogP contribution >= 0.6 is 11.6 Å². The Morgan fingerprint density at radius 3 is 2.63 bits per heavy atom. The molecule has 0 heterocycles. The zero-order chi connectivity index (χ0) is 13.8. The molecule has 0 aromatic heterocycles. The second-order valence-electron chi connectivity index (χ2n) is 4.16. The molecule has 0 saturated heterocycles. The summed E-state index contributed by atoms with van der Waals surface area (Å²) in [6.07, 6.45) is 0. The van der Waals surface area contributed by atoms with Crippen LogP contribution in [0.3, 0.4) is 0 Å². The highest BCUT2D eigenvalue weighted by Crippen LogP contribution is 2.32. The van der Waals surface area contributed by atoms with E-state index in [1.54, 1.807) is 25.3 Å². The van der Waals surface area contributed by atoms with E-state index in [1.807, 2.05) is 19.2 Å². The van der Waals surface area contributed by atoms with Gasteiger partial charge in [-0.1, -0.05) is 29.8 Å². The van der Waals surface area contributed by atoms with Crippen LogP contribution in [0.5, 0.6) is 5.75 Å². The molecular formula is C15H15ClFNO. The van der Waals surface area contributed by atoms with E-state index in [-0.39, 0.29) is 11.9 Å². The monoisotopic (exact) mass is 279 g/mol. The third-order valence-corrected chi connectivity index (χ3v) is 3.21. The normalized spacial score (nSPS) is 12.2. The maximum Gasteiger partial charge on any atom is 0.125 e. The molecule has 1 unspecified atom stereocenters. The summed E-state index contributed by atoms with van der Waals surface area (Å²) < 4.78 is 18.7. The molecule has 0 amide bonds. The lowest BCUT2D eigenvalue weighted by Crippen LogP contribution is -2.18. The molecule has 2 nitrogen and oxygen atoms in total. The minimum absolute atomic E-state index is 0.150. The highest BCUT2D eigenvalue weighted by Gasteiger charge is 2.17. The summed E-state index contributed by atoms with van der Waals surface area (Å²) in [5.41, 5.74) is 1.75. The van der Waals surface area contributed by atoms with Gasteiger partial charge in [-0.15, -0.1) is 0 Å². The van der Waals surface area contributed by atoms with Crippen LogP contribution in [0, 0.1) is 5.82 Å². The zero-order valence-electron chi connectivity index (χ0n) is 10.8. The second-order valence-corrected chi connectivity index (χ2v) is 4.60. The Balaban J connectivity index is 2.48. The third kappa shape index (κ3) is 3.06. The summed E-state index contributed by atoms with van der Waals surface area (Å²) >= 11 is 5.95. The third-order valence-electron chi connectivity index (χ3n) is 2.98. The van der Waals surface area contributed by atoms with Gasteiger partial charge in [0.2, 0.25) is 0 Å². The first-order valence-corrected chi connectivity index (χ1v) is 6.29. The summed E-state index contributed by atoms with van der Waals surface area (Å²) in [6, 6.07) is 11.8. The van der Waals surface area contributed by atoms with Gasteiger partial charge in [-0.25, -0.2) is 4.39 Å². The molecule has 2 rings (SSSR count). The maximum atomic E-state index is 13.3. The molecule has 1 N–H and O–H groups in total. The van der Waals surface area contributed by atoms with Crippen molar-refractivity contribution in [2.75, 3.05) is 14.2 Å². The summed E-state index contributed by atoms with van der Waals surface area (Å²) in [5.74, 6) is 0.418. The molecule has 0 saturated carbocycles. The molecule has 2 aromatic carbocycles. The van der Waals surface area contributed by atoms with E-state index >= 15 is 0 Å². The van der Waals surface area contributed by atoms with Crippen molar-refractivity contribution in [2.24, 2.45) is 0 Å². The molecule has 0 bridgehead atoms. The highest BCUT2D eigenvalue weighted by molar-refractivity contribution is 6.30. The first kappa shape index (κ1) is 13.8. The molecule has 0 spiro atoms. The number of rotatable bonds is 4. The Kier molecular flexibility index (Phi) is 4.40. The van der Waals surface area contributed by atoms with Crippen molar-refractivity contribution in [3.63, 3.8) is 0 Å². The lowest BCUT2D eigenvalue weighted by Gasteiger charge is -2.20. The lowest BCUT2D eigenvalue weighted by molar-refractivity contribution is 0.405. The number of methoxy groups -OCH3 is 1. The zero-order valence-corrected chi connectivity index (χ0v) is 11.5. The van der Waals surface area contributed by atoms with E-state index in [1.165, 1.54) is 12.1 Å². The van der Waals surface area contributed by atoms with Crippen LogP contribution < -0.4 is 10.1 Å². The van der Waals surface area contributed by atoms with Crippen LogP contribution in [0.1, 0.15) is 17.2 Å². The summed E-state index contributed by atoms with van der Waals surface area (Å²) in [5, 5.41) is 3.77. The van der Waals surface area contributed by atoms with Crippen molar-refractivity contribution >= 4 is 11.6 Å². The molecule has 0 aliphatic carbocycles. The van der Waals surface area contributed by atoms with Gasteiger partial charge in [-0.05, 0) is 36.9 Å². The smallest absolute Gasteiger partial charge is 0.125 e. The predicted molar refractivity (Wildman–Crippen MR) is 75.3 cm³/mol. The summed E-state index contributed by atoms with van der Waals surface area (Å²) in [4.78, 5) is 0. The Hall–Kier alpha value is -1.58. The highest BCUT2D eigenvalue weighted by atomic mass is 35.5. The van der Waals surface area contributed by atoms with Crippen molar-refractivity contribution in [2.45, 2.75) is 6.04 Å². The molecule has 19 heavy (non-hydrogen) atoms. The average molecular weight is 280 g/mol. The van der Waals surface area contributed by atoms with E-state index in [4.69, 9.17) is 16.3 Å². The number of hydrogen-bond donors (Lipinski definition) is 1. The number of hydrogen-bond acceptors (Lipinski definition) is 2. The van der Waals surface area contributed by atoms with Crippen LogP contribution in [0.25, 0.3) is 0 Å². The van der Waals surface area contributed by atoms with Gasteiger partial charge in [-0.3, -0.25) is 0 Å². The van der Waals surface area contributed by atoms with Gasteiger partial charge in [0.25, 0.3) is 0 Å². The fourth-order valence-corrected chi connectivity index (χ4v) is 2.27. The van der Waals surface area contributed by atoms with Crippen molar-refractivity contribution in [1.82, 2.24) is 5.32 Å². The Morgan fingerprint density at radius 1 is 1.21 bits per heavy atom. The number of ether oxygens (including phenoxy) is 1. The van der Waals surface area contributed by atoms with E-state index in [2.05, 4.69) is 5.32 Å². The molecule has 2 aromatic rings. The van der Waals surface area contributed by atoms with Crippen molar-refractivity contribution in [3.05, 3.63) is 64.4 Å². The van der Waals surface area contributed by atoms with Crippen molar-refractivity contribution in [1.29, 1.82) is 0 Å². The van der Waals surface area contributed by atoms with Crippen LogP contribution in [0.4, 0.5) is 4.39 Å². The van der Waals surface area contributed by atoms with Gasteiger partial charge < -0.3 is 10.1 Å². The molecule has 0 radical (unpaired) electrons. The van der Waals surface area contributed by atoms with Gasteiger partial charge >= 0.3 is 0 Å². The van der Waals surface area contributed by atoms with Crippen LogP contribution in [0.15, 0.2) is 42.5 Å². The topological polar surface area (TPSA) is 21.3 Å². The number of benzene rings is 2. The molecule has 0 aliphatic heterocycles. The van der Waals surface area contributed by atoms with E-state index in [9.17, 15) is 4.39 Å². The lowest BCUT2D eigenvalue weighted by atomic mass is 9.98. The van der Waals surface area contributed by atoms with Gasteiger partial charge in [0, 0.05) is 10.6 Å². The Labute approximate surface area is 117 Å². The van der Waals surface area contributed by atoms with Gasteiger partial charge in [-0.2, -0.15) is 0 Å². The number of halogens is 2. The van der Waals surface area contributed by atoms with Crippen LogP contribution in [-0.4, -0.2) is 14.2 Å². The van der Waals surface area contributed by atoms with E-state index < -0.39 is 0 Å². The molecule has 4 heteroatoms. The number of nitrogens with one attached hydrogen (secondary N) is 1. The van der Waals surface area contributed by atoms with Gasteiger partial charge in [0.1, 0.15) is 11.6 Å². The molecule has 100 valence electrons. The largest absolute Gasteiger partial charge is 0.496 e. The molecule has 0 aliphatic rings. The Morgan fingerprint density at radius 2 is 2.00 bits per heavy atom. The summed E-state index contributed by atoms with van der Waals surface area (Å²) in [7, 11) is 3.41. The van der Waals surface area contributed by atoms with Gasteiger partial charge in [0.15, 0.2) is 0 Å². The minimum Gasteiger partial charge on any atom is -0.496 e. The predicted octanol–water partition coefficient (Wildman–Crippen LogP) is 3.80. The quantitative estimate of drug-likeness (QED) is 0.919. The maximum absolute atomic E-state index is 13.3. The van der Waals surface area contributed by atoms with Crippen molar-refractivity contribution < 1.29 is 9.13 Å². The molecule has 0 fully saturated rings. The SMILES string of the molecule is CNC(c1cccc(F)c1)c1ccc(Cl)cc1OC. The first-order chi connectivity index (χ1) is 9.15. The molecular weight excluding hydrogens is 265 g/mol. The van der Waals surface area contributed by atoms with Crippen molar-refractivity contribution in [3.8, 4) is 5.75 Å².